The number of benzene rings is 4. The fourth-order valence-electron chi connectivity index (χ4n) is 4.31. The zero-order valence-corrected chi connectivity index (χ0v) is 21.5. The Labute approximate surface area is 213 Å². The van der Waals surface area contributed by atoms with E-state index in [2.05, 4.69) is 84.9 Å². The third-order valence-corrected chi connectivity index (χ3v) is 6.55. The lowest BCUT2D eigenvalue weighted by Crippen LogP contribution is -2.16. The monoisotopic (exact) mass is 451 g/mol. The lowest BCUT2D eigenvalue weighted by Gasteiger charge is -2.27. The van der Waals surface area contributed by atoms with Crippen molar-refractivity contribution < 1.29 is 6.85 Å². The molecule has 174 valence electrons. The Hall–Kier alpha value is -3.12. The Bertz CT molecular complexity index is 1490. The molecule has 4 aromatic rings. The molecule has 0 fully saturated rings. The van der Waals surface area contributed by atoms with E-state index < -0.39 is 0 Å². The molecule has 0 radical (unpaired) electrons. The van der Waals surface area contributed by atoms with Crippen LogP contribution in [0.1, 0.15) is 76.2 Å². The molecule has 0 atom stereocenters. The summed E-state index contributed by atoms with van der Waals surface area (Å²) in [5, 5.41) is 0. The molecule has 0 unspecified atom stereocenters. The molecular weight excluding hydrogens is 408 g/mol. The van der Waals surface area contributed by atoms with Crippen molar-refractivity contribution in [2.24, 2.45) is 0 Å². The van der Waals surface area contributed by atoms with Crippen molar-refractivity contribution in [3.63, 3.8) is 0 Å². The van der Waals surface area contributed by atoms with Crippen molar-refractivity contribution in [1.29, 1.82) is 0 Å². The number of aryl methyl sites for hydroxylation is 1. The maximum absolute atomic E-state index is 8.73. The first-order valence-electron chi connectivity index (χ1n) is 14.5. The van der Waals surface area contributed by atoms with Crippen LogP contribution in [0.4, 0.5) is 0 Å². The van der Waals surface area contributed by atoms with Crippen molar-refractivity contribution >= 4 is 0 Å². The average molecular weight is 452 g/mol. The van der Waals surface area contributed by atoms with Gasteiger partial charge < -0.3 is 0 Å². The standard InChI is InChI=1S/C34H38/c1-24-14-11-12-17-26(24)22-32-30(25-15-9-8-10-16-25)18-13-19-31(32)27-20-28(33(2,3)4)23-29(21-27)34(5,6)7/h8-21,23H,22H2,1-7H3/i8D,9D,10D,15D,16D. The molecule has 0 aromatic heterocycles. The summed E-state index contributed by atoms with van der Waals surface area (Å²) in [4.78, 5) is 0. The second kappa shape index (κ2) is 9.26. The fraction of sp³-hybridized carbons (Fsp3) is 0.294. The maximum atomic E-state index is 8.73. The molecule has 0 N–H and O–H groups in total. The van der Waals surface area contributed by atoms with Crippen molar-refractivity contribution in [3.8, 4) is 22.3 Å². The molecule has 0 saturated heterocycles. The van der Waals surface area contributed by atoms with Crippen molar-refractivity contribution in [2.75, 3.05) is 0 Å². The van der Waals surface area contributed by atoms with E-state index in [4.69, 9.17) is 6.85 Å². The minimum absolute atomic E-state index is 0.0588. The van der Waals surface area contributed by atoms with E-state index in [1.165, 1.54) is 11.1 Å². The van der Waals surface area contributed by atoms with Crippen LogP contribution < -0.4 is 0 Å². The normalized spacial score (nSPS) is 14.1. The van der Waals surface area contributed by atoms with Crippen LogP contribution >= 0.6 is 0 Å². The summed E-state index contributed by atoms with van der Waals surface area (Å²) >= 11 is 0. The molecule has 0 bridgehead atoms. The van der Waals surface area contributed by atoms with Gasteiger partial charge in [0.15, 0.2) is 0 Å². The molecule has 0 aliphatic heterocycles. The van der Waals surface area contributed by atoms with E-state index in [1.54, 1.807) is 0 Å². The zero-order chi connectivity index (χ0) is 28.9. The van der Waals surface area contributed by atoms with E-state index in [-0.39, 0.29) is 46.6 Å². The van der Waals surface area contributed by atoms with Gasteiger partial charge in [0.1, 0.15) is 0 Å². The van der Waals surface area contributed by atoms with Gasteiger partial charge in [0.2, 0.25) is 0 Å². The molecule has 0 aliphatic rings. The van der Waals surface area contributed by atoms with Gasteiger partial charge in [-0.2, -0.15) is 0 Å². The van der Waals surface area contributed by atoms with Crippen LogP contribution in [0, 0.1) is 6.92 Å². The van der Waals surface area contributed by atoms with Gasteiger partial charge in [0, 0.05) is 0 Å². The van der Waals surface area contributed by atoms with Gasteiger partial charge in [-0.25, -0.2) is 0 Å². The summed E-state index contributed by atoms with van der Waals surface area (Å²) in [7, 11) is 0. The van der Waals surface area contributed by atoms with Gasteiger partial charge in [-0.3, -0.25) is 0 Å². The highest BCUT2D eigenvalue weighted by Crippen LogP contribution is 2.38. The Balaban J connectivity index is 2.11. The predicted octanol–water partition coefficient (Wildman–Crippen LogP) is 9.51. The largest absolute Gasteiger partial charge is 0.0629 e. The van der Waals surface area contributed by atoms with Crippen LogP contribution in [0.15, 0.2) is 90.9 Å². The van der Waals surface area contributed by atoms with Crippen LogP contribution in [0.25, 0.3) is 22.3 Å². The first-order chi connectivity index (χ1) is 18.1. The summed E-state index contributed by atoms with van der Waals surface area (Å²) < 4.78 is 42.2. The van der Waals surface area contributed by atoms with Crippen molar-refractivity contribution in [1.82, 2.24) is 0 Å². The first-order valence-corrected chi connectivity index (χ1v) is 12.0. The molecule has 0 spiro atoms. The summed E-state index contributed by atoms with van der Waals surface area (Å²) in [6.07, 6.45) is 0.574. The van der Waals surface area contributed by atoms with Crippen LogP contribution in [0.2, 0.25) is 0 Å². The predicted molar refractivity (Wildman–Crippen MR) is 149 cm³/mol. The topological polar surface area (TPSA) is 0 Å². The molecule has 0 nitrogen and oxygen atoms in total. The second-order valence-corrected chi connectivity index (χ2v) is 11.2. The van der Waals surface area contributed by atoms with Gasteiger partial charge in [-0.1, -0.05) is 132 Å². The SMILES string of the molecule is [2H]c1c([2H])c([2H])c(-c2cccc(-c3cc(C(C)(C)C)cc(C(C)(C)C)c3)c2Cc2ccccc2C)c([2H])c1[2H]. The molecule has 34 heavy (non-hydrogen) atoms. The average Bonchev–Trinajstić information content (AvgIpc) is 2.87. The van der Waals surface area contributed by atoms with Crippen LogP contribution in [-0.4, -0.2) is 0 Å². The number of hydrogen-bond donors (Lipinski definition) is 0. The summed E-state index contributed by atoms with van der Waals surface area (Å²) in [6, 6.07) is 19.6. The Morgan fingerprint density at radius 3 is 1.76 bits per heavy atom. The van der Waals surface area contributed by atoms with E-state index >= 15 is 0 Å². The minimum Gasteiger partial charge on any atom is -0.0622 e. The number of hydrogen-bond acceptors (Lipinski definition) is 0. The smallest absolute Gasteiger partial charge is 0.0622 e. The molecule has 0 heterocycles. The van der Waals surface area contributed by atoms with E-state index in [0.717, 1.165) is 27.8 Å². The van der Waals surface area contributed by atoms with Gasteiger partial charge >= 0.3 is 0 Å². The van der Waals surface area contributed by atoms with Crippen LogP contribution in [0.5, 0.6) is 0 Å². The highest BCUT2D eigenvalue weighted by Gasteiger charge is 2.22. The molecule has 4 rings (SSSR count). The van der Waals surface area contributed by atoms with Gasteiger partial charge in [0.25, 0.3) is 0 Å². The fourth-order valence-corrected chi connectivity index (χ4v) is 4.31. The van der Waals surface area contributed by atoms with Crippen molar-refractivity contribution in [2.45, 2.75) is 65.7 Å². The molecule has 0 aliphatic carbocycles. The number of rotatable bonds is 4. The lowest BCUT2D eigenvalue weighted by molar-refractivity contribution is 0.569. The third kappa shape index (κ3) is 5.17. The van der Waals surface area contributed by atoms with Crippen molar-refractivity contribution in [3.05, 3.63) is 119 Å². The second-order valence-electron chi connectivity index (χ2n) is 11.2. The highest BCUT2D eigenvalue weighted by molar-refractivity contribution is 5.80. The maximum Gasteiger partial charge on any atom is 0.0629 e. The highest BCUT2D eigenvalue weighted by atomic mass is 14.3. The summed E-state index contributed by atoms with van der Waals surface area (Å²) in [5.41, 5.74) is 8.61. The van der Waals surface area contributed by atoms with E-state index in [9.17, 15) is 0 Å². The Morgan fingerprint density at radius 1 is 0.647 bits per heavy atom. The van der Waals surface area contributed by atoms with Gasteiger partial charge in [-0.15, -0.1) is 0 Å². The summed E-state index contributed by atoms with van der Waals surface area (Å²) in [5.74, 6) is 0. The van der Waals surface area contributed by atoms with Gasteiger partial charge in [0.05, 0.1) is 6.85 Å². The quantitative estimate of drug-likeness (QED) is 0.290. The van der Waals surface area contributed by atoms with Gasteiger partial charge in [-0.05, 0) is 74.2 Å². The first kappa shape index (κ1) is 18.2. The molecular formula is C34H38. The molecule has 4 aromatic carbocycles. The van der Waals surface area contributed by atoms with E-state index in [0.29, 0.717) is 12.0 Å². The lowest BCUT2D eigenvalue weighted by atomic mass is 9.78. The van der Waals surface area contributed by atoms with Crippen LogP contribution in [-0.2, 0) is 17.3 Å². The third-order valence-electron chi connectivity index (χ3n) is 6.55. The molecule has 0 heteroatoms. The molecule has 0 amide bonds. The van der Waals surface area contributed by atoms with E-state index in [1.807, 2.05) is 24.3 Å². The minimum atomic E-state index is -0.377. The van der Waals surface area contributed by atoms with Crippen LogP contribution in [0.3, 0.4) is 0 Å². The summed E-state index contributed by atoms with van der Waals surface area (Å²) in [6.45, 7) is 15.4. The Morgan fingerprint density at radius 2 is 1.21 bits per heavy atom. The zero-order valence-electron chi connectivity index (χ0n) is 26.5. The Kier molecular flexibility index (Phi) is 4.97. The molecule has 0 saturated carbocycles.